The molecule has 0 saturated carbocycles. The predicted molar refractivity (Wildman–Crippen MR) is 46.3 cm³/mol. The number of nitrogens with one attached hydrogen (secondary N) is 1. The number of hydrogen-bond acceptors (Lipinski definition) is 3. The Morgan fingerprint density at radius 3 is 2.83 bits per heavy atom. The highest BCUT2D eigenvalue weighted by Crippen LogP contribution is 2.28. The van der Waals surface area contributed by atoms with E-state index in [0.717, 1.165) is 26.1 Å². The van der Waals surface area contributed by atoms with Crippen molar-refractivity contribution >= 4 is 10.0 Å². The largest absolute Gasteiger partial charge is 0.315 e. The summed E-state index contributed by atoms with van der Waals surface area (Å²) in [6, 6.07) is 0.236. The highest BCUT2D eigenvalue weighted by Gasteiger charge is 2.41. The Bertz CT molecular complexity index is 275. The van der Waals surface area contributed by atoms with Gasteiger partial charge in [-0.15, -0.1) is 0 Å². The SMILES string of the molecule is CS(=O)(=O)N1CCC2CNCC21. The van der Waals surface area contributed by atoms with Crippen LogP contribution in [0, 0.1) is 5.92 Å². The van der Waals surface area contributed by atoms with Gasteiger partial charge in [0.25, 0.3) is 0 Å². The Morgan fingerprint density at radius 2 is 2.17 bits per heavy atom. The zero-order chi connectivity index (χ0) is 8.77. The van der Waals surface area contributed by atoms with Crippen LogP contribution in [0.5, 0.6) is 0 Å². The second kappa shape index (κ2) is 2.68. The van der Waals surface area contributed by atoms with Crippen LogP contribution in [-0.2, 0) is 10.0 Å². The molecule has 2 saturated heterocycles. The van der Waals surface area contributed by atoms with Crippen molar-refractivity contribution in [3.05, 3.63) is 0 Å². The fourth-order valence-corrected chi connectivity index (χ4v) is 3.40. The van der Waals surface area contributed by atoms with Crippen molar-refractivity contribution in [1.29, 1.82) is 0 Å². The smallest absolute Gasteiger partial charge is 0.211 e. The molecule has 2 unspecified atom stereocenters. The van der Waals surface area contributed by atoms with E-state index in [-0.39, 0.29) is 6.04 Å². The maximum absolute atomic E-state index is 11.3. The van der Waals surface area contributed by atoms with Gasteiger partial charge in [0.1, 0.15) is 0 Å². The van der Waals surface area contributed by atoms with E-state index in [2.05, 4.69) is 5.32 Å². The second-order valence-electron chi connectivity index (χ2n) is 3.65. The van der Waals surface area contributed by atoms with E-state index in [1.165, 1.54) is 6.26 Å². The first-order chi connectivity index (χ1) is 5.59. The van der Waals surface area contributed by atoms with Crippen molar-refractivity contribution in [3.63, 3.8) is 0 Å². The van der Waals surface area contributed by atoms with Crippen molar-refractivity contribution in [1.82, 2.24) is 9.62 Å². The molecule has 0 aliphatic carbocycles. The molecule has 2 aliphatic rings. The van der Waals surface area contributed by atoms with Gasteiger partial charge in [0.05, 0.1) is 6.26 Å². The van der Waals surface area contributed by atoms with Crippen molar-refractivity contribution in [2.24, 2.45) is 5.92 Å². The van der Waals surface area contributed by atoms with Crippen molar-refractivity contribution in [2.75, 3.05) is 25.9 Å². The minimum absolute atomic E-state index is 0.236. The van der Waals surface area contributed by atoms with Gasteiger partial charge in [-0.1, -0.05) is 0 Å². The Balaban J connectivity index is 2.20. The predicted octanol–water partition coefficient (Wildman–Crippen LogP) is -0.760. The highest BCUT2D eigenvalue weighted by atomic mass is 32.2. The third-order valence-electron chi connectivity index (χ3n) is 2.82. The molecule has 2 rings (SSSR count). The Morgan fingerprint density at radius 1 is 1.42 bits per heavy atom. The van der Waals surface area contributed by atoms with E-state index in [1.807, 2.05) is 0 Å². The number of hydrogen-bond donors (Lipinski definition) is 1. The Labute approximate surface area is 73.0 Å². The maximum Gasteiger partial charge on any atom is 0.211 e. The Hall–Kier alpha value is -0.130. The molecule has 4 nitrogen and oxygen atoms in total. The van der Waals surface area contributed by atoms with Crippen LogP contribution in [-0.4, -0.2) is 44.7 Å². The molecule has 0 spiro atoms. The van der Waals surface area contributed by atoms with Gasteiger partial charge in [-0.05, 0) is 18.9 Å². The standard InChI is InChI=1S/C7H14N2O2S/c1-12(10,11)9-3-2-6-4-8-5-7(6)9/h6-8H,2-5H2,1H3. The van der Waals surface area contributed by atoms with Crippen molar-refractivity contribution < 1.29 is 8.42 Å². The second-order valence-corrected chi connectivity index (χ2v) is 5.58. The molecule has 2 aliphatic heterocycles. The number of sulfonamides is 1. The molecule has 2 atom stereocenters. The molecule has 0 aromatic heterocycles. The molecule has 0 aromatic rings. The van der Waals surface area contributed by atoms with Crippen LogP contribution in [0.3, 0.4) is 0 Å². The summed E-state index contributed by atoms with van der Waals surface area (Å²) in [7, 11) is -2.96. The molecule has 2 fully saturated rings. The lowest BCUT2D eigenvalue weighted by molar-refractivity contribution is 0.386. The summed E-state index contributed by atoms with van der Waals surface area (Å²) in [6.45, 7) is 2.53. The van der Waals surface area contributed by atoms with Gasteiger partial charge in [-0.25, -0.2) is 8.42 Å². The van der Waals surface area contributed by atoms with Crippen LogP contribution in [0.4, 0.5) is 0 Å². The van der Waals surface area contributed by atoms with Gasteiger partial charge in [-0.2, -0.15) is 4.31 Å². The minimum Gasteiger partial charge on any atom is -0.315 e. The molecule has 0 radical (unpaired) electrons. The minimum atomic E-state index is -2.96. The zero-order valence-electron chi connectivity index (χ0n) is 7.16. The summed E-state index contributed by atoms with van der Waals surface area (Å²) in [5, 5.41) is 3.22. The summed E-state index contributed by atoms with van der Waals surface area (Å²) >= 11 is 0. The van der Waals surface area contributed by atoms with Gasteiger partial charge >= 0.3 is 0 Å². The zero-order valence-corrected chi connectivity index (χ0v) is 7.97. The highest BCUT2D eigenvalue weighted by molar-refractivity contribution is 7.88. The molecule has 0 amide bonds. The maximum atomic E-state index is 11.3. The van der Waals surface area contributed by atoms with Crippen LogP contribution in [0.2, 0.25) is 0 Å². The van der Waals surface area contributed by atoms with E-state index in [1.54, 1.807) is 4.31 Å². The third kappa shape index (κ3) is 1.26. The van der Waals surface area contributed by atoms with Crippen LogP contribution in [0.25, 0.3) is 0 Å². The van der Waals surface area contributed by atoms with E-state index in [9.17, 15) is 8.42 Å². The van der Waals surface area contributed by atoms with E-state index < -0.39 is 10.0 Å². The Kier molecular flexibility index (Phi) is 1.89. The van der Waals surface area contributed by atoms with Crippen LogP contribution in [0.15, 0.2) is 0 Å². The average Bonchev–Trinajstić information content (AvgIpc) is 2.37. The van der Waals surface area contributed by atoms with Crippen LogP contribution < -0.4 is 5.32 Å². The van der Waals surface area contributed by atoms with E-state index in [4.69, 9.17) is 0 Å². The first-order valence-corrected chi connectivity index (χ1v) is 6.11. The monoisotopic (exact) mass is 190 g/mol. The number of fused-ring (bicyclic) bond motifs is 1. The lowest BCUT2D eigenvalue weighted by atomic mass is 10.1. The van der Waals surface area contributed by atoms with Gasteiger partial charge < -0.3 is 5.32 Å². The van der Waals surface area contributed by atoms with E-state index >= 15 is 0 Å². The quantitative estimate of drug-likeness (QED) is 0.591. The van der Waals surface area contributed by atoms with Crippen LogP contribution in [0.1, 0.15) is 6.42 Å². The summed E-state index contributed by atoms with van der Waals surface area (Å²) in [6.07, 6.45) is 2.32. The molecule has 2 heterocycles. The summed E-state index contributed by atoms with van der Waals surface area (Å²) in [5.74, 6) is 0.555. The van der Waals surface area contributed by atoms with Gasteiger partial charge in [0, 0.05) is 19.1 Å². The average molecular weight is 190 g/mol. The summed E-state index contributed by atoms with van der Waals surface area (Å²) < 4.78 is 24.2. The fourth-order valence-electron chi connectivity index (χ4n) is 2.22. The summed E-state index contributed by atoms with van der Waals surface area (Å²) in [4.78, 5) is 0. The van der Waals surface area contributed by atoms with E-state index in [0.29, 0.717) is 5.92 Å². The molecular weight excluding hydrogens is 176 g/mol. The lowest BCUT2D eigenvalue weighted by Gasteiger charge is -2.19. The molecule has 0 aromatic carbocycles. The first-order valence-electron chi connectivity index (χ1n) is 4.26. The normalized spacial score (nSPS) is 37.1. The topological polar surface area (TPSA) is 49.4 Å². The van der Waals surface area contributed by atoms with Crippen molar-refractivity contribution in [2.45, 2.75) is 12.5 Å². The van der Waals surface area contributed by atoms with Gasteiger partial charge in [0.15, 0.2) is 0 Å². The first kappa shape index (κ1) is 8.47. The lowest BCUT2D eigenvalue weighted by Crippen LogP contribution is -2.38. The third-order valence-corrected chi connectivity index (χ3v) is 4.13. The van der Waals surface area contributed by atoms with Gasteiger partial charge in [-0.3, -0.25) is 0 Å². The molecule has 5 heteroatoms. The molecule has 0 bridgehead atoms. The molecule has 12 heavy (non-hydrogen) atoms. The number of rotatable bonds is 1. The summed E-state index contributed by atoms with van der Waals surface area (Å²) in [5.41, 5.74) is 0. The molecule has 70 valence electrons. The van der Waals surface area contributed by atoms with Crippen molar-refractivity contribution in [3.8, 4) is 0 Å². The molecule has 1 N–H and O–H groups in total. The fraction of sp³-hybridized carbons (Fsp3) is 1.00. The van der Waals surface area contributed by atoms with Gasteiger partial charge in [0.2, 0.25) is 10.0 Å². The number of nitrogens with zero attached hydrogens (tertiary/aromatic N) is 1. The van der Waals surface area contributed by atoms with Crippen LogP contribution >= 0.6 is 0 Å². The molecular formula is C7H14N2O2S.